The molecule has 5 heteroatoms. The zero-order chi connectivity index (χ0) is 14.7. The number of allylic oxidation sites excluding steroid dienone is 2. The first-order valence-electron chi connectivity index (χ1n) is 6.04. The summed E-state index contributed by atoms with van der Waals surface area (Å²) in [6.07, 6.45) is 1.87. The van der Waals surface area contributed by atoms with Crippen molar-refractivity contribution in [1.82, 2.24) is 5.32 Å². The summed E-state index contributed by atoms with van der Waals surface area (Å²) in [5.74, 6) is -0.0704. The van der Waals surface area contributed by atoms with Crippen molar-refractivity contribution in [2.45, 2.75) is 12.8 Å². The summed E-state index contributed by atoms with van der Waals surface area (Å²) in [5, 5.41) is 22.5. The summed E-state index contributed by atoms with van der Waals surface area (Å²) in [4.78, 5) is 0. The number of nitrogens with two attached hydrogens (primary N) is 1. The number of thioether (sulfide) groups is 1. The number of nitrogens with zero attached hydrogens (tertiary/aromatic N) is 2. The molecule has 0 unspecified atom stereocenters. The average molecular weight is 282 g/mol. The van der Waals surface area contributed by atoms with E-state index < -0.39 is 5.92 Å². The average Bonchev–Trinajstić information content (AvgIpc) is 2.46. The molecule has 2 rings (SSSR count). The summed E-state index contributed by atoms with van der Waals surface area (Å²) >= 11 is 1.42. The fourth-order valence-corrected chi connectivity index (χ4v) is 2.91. The summed E-state index contributed by atoms with van der Waals surface area (Å²) < 4.78 is 0. The minimum atomic E-state index is -0.394. The standard InChI is InChI=1S/C15H14N4S/c1-9-5-3-4-6-10(9)13-11(7-16)14(18)19-15(20-2)12(13)8-17/h3-6,13,19H,18H2,1-2H3/t13-/m1/s1. The van der Waals surface area contributed by atoms with Crippen LogP contribution >= 0.6 is 11.8 Å². The van der Waals surface area contributed by atoms with Gasteiger partial charge in [-0.05, 0) is 24.3 Å². The van der Waals surface area contributed by atoms with Gasteiger partial charge in [-0.15, -0.1) is 11.8 Å². The highest BCUT2D eigenvalue weighted by atomic mass is 32.2. The van der Waals surface area contributed by atoms with Crippen LogP contribution in [-0.2, 0) is 0 Å². The molecule has 0 amide bonds. The van der Waals surface area contributed by atoms with Crippen molar-refractivity contribution < 1.29 is 0 Å². The van der Waals surface area contributed by atoms with Crippen molar-refractivity contribution in [3.05, 3.63) is 57.4 Å². The third-order valence-electron chi connectivity index (χ3n) is 3.30. The largest absolute Gasteiger partial charge is 0.384 e. The van der Waals surface area contributed by atoms with E-state index >= 15 is 0 Å². The Morgan fingerprint density at radius 2 is 1.85 bits per heavy atom. The van der Waals surface area contributed by atoms with Crippen LogP contribution in [0.5, 0.6) is 0 Å². The molecule has 1 aromatic carbocycles. The second kappa shape index (κ2) is 5.73. The Kier molecular flexibility index (Phi) is 4.02. The van der Waals surface area contributed by atoms with Crippen molar-refractivity contribution in [2.75, 3.05) is 6.26 Å². The number of hydrogen-bond donors (Lipinski definition) is 2. The molecule has 0 bridgehead atoms. The van der Waals surface area contributed by atoms with Gasteiger partial charge in [0.05, 0.1) is 34.2 Å². The van der Waals surface area contributed by atoms with E-state index in [1.165, 1.54) is 11.8 Å². The normalized spacial score (nSPS) is 18.3. The maximum absolute atomic E-state index is 9.48. The van der Waals surface area contributed by atoms with Crippen LogP contribution in [0, 0.1) is 29.6 Å². The lowest BCUT2D eigenvalue weighted by molar-refractivity contribution is 0.836. The molecule has 0 saturated carbocycles. The number of aryl methyl sites for hydroxylation is 1. The minimum absolute atomic E-state index is 0.323. The molecule has 0 saturated heterocycles. The van der Waals surface area contributed by atoms with Gasteiger partial charge in [0.25, 0.3) is 0 Å². The number of benzene rings is 1. The van der Waals surface area contributed by atoms with Crippen LogP contribution in [0.15, 0.2) is 46.3 Å². The molecule has 3 N–H and O–H groups in total. The highest BCUT2D eigenvalue weighted by Crippen LogP contribution is 2.39. The third kappa shape index (κ3) is 2.24. The Hall–Kier alpha value is -2.37. The molecule has 20 heavy (non-hydrogen) atoms. The Balaban J connectivity index is 2.70. The van der Waals surface area contributed by atoms with E-state index in [2.05, 4.69) is 17.5 Å². The molecule has 1 aliphatic heterocycles. The fraction of sp³-hybridized carbons (Fsp3) is 0.200. The van der Waals surface area contributed by atoms with Crippen molar-refractivity contribution in [1.29, 1.82) is 10.5 Å². The Morgan fingerprint density at radius 3 is 2.40 bits per heavy atom. The molecule has 1 aliphatic rings. The number of nitriles is 2. The van der Waals surface area contributed by atoms with Gasteiger partial charge in [-0.2, -0.15) is 10.5 Å². The summed E-state index contributed by atoms with van der Waals surface area (Å²) in [5.41, 5.74) is 8.85. The Labute approximate surface area is 122 Å². The highest BCUT2D eigenvalue weighted by molar-refractivity contribution is 8.02. The zero-order valence-corrected chi connectivity index (χ0v) is 12.1. The van der Waals surface area contributed by atoms with Gasteiger partial charge in [0.2, 0.25) is 0 Å². The van der Waals surface area contributed by atoms with Gasteiger partial charge in [0, 0.05) is 0 Å². The molecule has 0 aromatic heterocycles. The van der Waals surface area contributed by atoms with E-state index in [-0.39, 0.29) is 0 Å². The molecule has 0 radical (unpaired) electrons. The van der Waals surface area contributed by atoms with E-state index in [0.717, 1.165) is 11.1 Å². The van der Waals surface area contributed by atoms with Gasteiger partial charge in [0.15, 0.2) is 0 Å². The first kappa shape index (κ1) is 14.0. The van der Waals surface area contributed by atoms with Crippen molar-refractivity contribution in [3.63, 3.8) is 0 Å². The molecule has 1 heterocycles. The first-order chi connectivity index (χ1) is 9.63. The molecule has 100 valence electrons. The van der Waals surface area contributed by atoms with Crippen molar-refractivity contribution in [3.8, 4) is 12.1 Å². The smallest absolute Gasteiger partial charge is 0.116 e. The lowest BCUT2D eigenvalue weighted by atomic mass is 9.82. The van der Waals surface area contributed by atoms with E-state index in [0.29, 0.717) is 22.0 Å². The van der Waals surface area contributed by atoms with Crippen LogP contribution in [0.1, 0.15) is 17.0 Å². The zero-order valence-electron chi connectivity index (χ0n) is 11.3. The predicted molar refractivity (Wildman–Crippen MR) is 80.0 cm³/mol. The van der Waals surface area contributed by atoms with Gasteiger partial charge in [-0.25, -0.2) is 0 Å². The van der Waals surface area contributed by atoms with Crippen molar-refractivity contribution >= 4 is 11.8 Å². The van der Waals surface area contributed by atoms with Gasteiger partial charge >= 0.3 is 0 Å². The van der Waals surface area contributed by atoms with E-state index in [4.69, 9.17) is 5.73 Å². The Bertz CT molecular complexity index is 689. The van der Waals surface area contributed by atoms with Crippen LogP contribution < -0.4 is 11.1 Å². The lowest BCUT2D eigenvalue weighted by Crippen LogP contribution is -2.29. The van der Waals surface area contributed by atoms with E-state index in [1.807, 2.05) is 37.4 Å². The number of nitrogens with one attached hydrogen (secondary N) is 1. The fourth-order valence-electron chi connectivity index (χ4n) is 2.31. The minimum Gasteiger partial charge on any atom is -0.384 e. The monoisotopic (exact) mass is 282 g/mol. The maximum atomic E-state index is 9.48. The SMILES string of the molecule is CSC1=C(C#N)[C@H](c2ccccc2C)C(C#N)=C(N)N1. The molecular weight excluding hydrogens is 268 g/mol. The lowest BCUT2D eigenvalue weighted by Gasteiger charge is -2.27. The Morgan fingerprint density at radius 1 is 1.20 bits per heavy atom. The van der Waals surface area contributed by atoms with Crippen LogP contribution in [0.25, 0.3) is 0 Å². The van der Waals surface area contributed by atoms with Gasteiger partial charge in [-0.1, -0.05) is 24.3 Å². The molecular formula is C15H14N4S. The highest BCUT2D eigenvalue weighted by Gasteiger charge is 2.31. The summed E-state index contributed by atoms with van der Waals surface area (Å²) in [7, 11) is 0. The molecule has 1 atom stereocenters. The topological polar surface area (TPSA) is 85.6 Å². The predicted octanol–water partition coefficient (Wildman–Crippen LogP) is 2.47. The van der Waals surface area contributed by atoms with Crippen LogP contribution in [-0.4, -0.2) is 6.26 Å². The quantitative estimate of drug-likeness (QED) is 0.870. The van der Waals surface area contributed by atoms with Gasteiger partial charge in [-0.3, -0.25) is 0 Å². The first-order valence-corrected chi connectivity index (χ1v) is 7.27. The maximum Gasteiger partial charge on any atom is 0.116 e. The summed E-state index contributed by atoms with van der Waals surface area (Å²) in [6.45, 7) is 1.97. The number of hydrogen-bond acceptors (Lipinski definition) is 5. The molecule has 0 spiro atoms. The molecule has 0 aliphatic carbocycles. The van der Waals surface area contributed by atoms with Crippen LogP contribution in [0.4, 0.5) is 0 Å². The third-order valence-corrected chi connectivity index (χ3v) is 4.04. The van der Waals surface area contributed by atoms with E-state index in [9.17, 15) is 10.5 Å². The van der Waals surface area contributed by atoms with Gasteiger partial charge < -0.3 is 11.1 Å². The summed E-state index contributed by atoms with van der Waals surface area (Å²) in [6, 6.07) is 12.1. The molecule has 0 fully saturated rings. The van der Waals surface area contributed by atoms with Crippen LogP contribution in [0.3, 0.4) is 0 Å². The van der Waals surface area contributed by atoms with Gasteiger partial charge in [0.1, 0.15) is 5.82 Å². The molecule has 1 aromatic rings. The second-order valence-electron chi connectivity index (χ2n) is 4.41. The van der Waals surface area contributed by atoms with Crippen LogP contribution in [0.2, 0.25) is 0 Å². The van der Waals surface area contributed by atoms with Crippen molar-refractivity contribution in [2.24, 2.45) is 5.73 Å². The number of dihydropyridines is 1. The van der Waals surface area contributed by atoms with E-state index in [1.54, 1.807) is 0 Å². The number of rotatable bonds is 2. The molecule has 4 nitrogen and oxygen atoms in total. The second-order valence-corrected chi connectivity index (χ2v) is 5.23.